The molecular formula is C40H60O18. The number of hydrogen-bond donors (Lipinski definition) is 7. The number of aliphatic hydroxyl groups is 7. The summed E-state index contributed by atoms with van der Waals surface area (Å²) in [4.78, 5) is 51.3. The van der Waals surface area contributed by atoms with E-state index in [9.17, 15) is 54.9 Å². The Balaban J connectivity index is 1.53. The molecule has 5 aliphatic rings. The zero-order valence-electron chi connectivity index (χ0n) is 33.9. The van der Waals surface area contributed by atoms with Crippen LogP contribution in [0.1, 0.15) is 86.5 Å². The van der Waals surface area contributed by atoms with Crippen LogP contribution in [0.2, 0.25) is 0 Å². The van der Waals surface area contributed by atoms with Gasteiger partial charge in [0.1, 0.15) is 68.7 Å². The van der Waals surface area contributed by atoms with Crippen LogP contribution in [0.5, 0.6) is 0 Å². The lowest BCUT2D eigenvalue weighted by atomic mass is 9.46. The number of allylic oxidation sites excluding steroid dienone is 1. The number of cyclic esters (lactones) is 2. The molecule has 2 saturated heterocycles. The highest BCUT2D eigenvalue weighted by Crippen LogP contribution is 2.63. The van der Waals surface area contributed by atoms with Crippen molar-refractivity contribution in [2.24, 2.45) is 22.7 Å². The molecule has 328 valence electrons. The monoisotopic (exact) mass is 828 g/mol. The van der Waals surface area contributed by atoms with Crippen molar-refractivity contribution in [1.82, 2.24) is 0 Å². The lowest BCUT2D eigenvalue weighted by Gasteiger charge is -2.60. The normalized spacial score (nSPS) is 45.7. The van der Waals surface area contributed by atoms with E-state index in [0.717, 1.165) is 0 Å². The summed E-state index contributed by atoms with van der Waals surface area (Å²) in [5, 5.41) is 75.8. The first-order chi connectivity index (χ1) is 27.1. The van der Waals surface area contributed by atoms with Crippen molar-refractivity contribution < 1.29 is 88.1 Å². The lowest BCUT2D eigenvalue weighted by molar-refractivity contribution is -0.326. The van der Waals surface area contributed by atoms with Crippen LogP contribution >= 0.6 is 0 Å². The van der Waals surface area contributed by atoms with Gasteiger partial charge in [-0.25, -0.2) is 4.79 Å². The Morgan fingerprint density at radius 3 is 2.19 bits per heavy atom. The van der Waals surface area contributed by atoms with E-state index in [1.807, 2.05) is 13.8 Å². The molecule has 3 fully saturated rings. The predicted molar refractivity (Wildman–Crippen MR) is 197 cm³/mol. The maximum Gasteiger partial charge on any atom is 0.336 e. The van der Waals surface area contributed by atoms with E-state index in [1.54, 1.807) is 19.1 Å². The number of rotatable bonds is 4. The van der Waals surface area contributed by atoms with Crippen LogP contribution in [0.4, 0.5) is 0 Å². The molecule has 0 aromatic rings. The average Bonchev–Trinajstić information content (AvgIpc) is 3.14. The molecule has 0 aromatic heterocycles. The van der Waals surface area contributed by atoms with Crippen molar-refractivity contribution >= 4 is 23.9 Å². The Bertz CT molecular complexity index is 1580. The van der Waals surface area contributed by atoms with Crippen LogP contribution in [0.3, 0.4) is 0 Å². The molecular weight excluding hydrogens is 768 g/mol. The molecule has 7 N–H and O–H groups in total. The van der Waals surface area contributed by atoms with Crippen LogP contribution in [0.15, 0.2) is 23.3 Å². The molecule has 6 bridgehead atoms. The fourth-order valence-electron chi connectivity index (χ4n) is 9.35. The molecule has 18 nitrogen and oxygen atoms in total. The standard InChI is InChI=1S/C40H60O18/c1-19-11-13-52-27(42)15-38(4,51)16-28(43)54-18-24-30(45)32(47)34(49)37(56-24)58-35(50)22-8-7-9-25-39(22,5)12-10-20(2)40(25,6)26(14-19)57-36-33(48)31(46)29(44)23(55-36)17-53-21(3)41/h8,11,20,23-26,29-34,36-37,44-49,51H,7,9-10,12-18H2,1-6H3/b19-11+/t20-,23-,24-,25+,26-,29-,30-,31-,32+,33-,34-,36+,37+,38-,39+,40+/m1/s1. The van der Waals surface area contributed by atoms with Crippen molar-refractivity contribution in [2.45, 2.75) is 160 Å². The van der Waals surface area contributed by atoms with Crippen molar-refractivity contribution in [3.05, 3.63) is 23.3 Å². The van der Waals surface area contributed by atoms with Gasteiger partial charge >= 0.3 is 23.9 Å². The number of fused-ring (bicyclic) bond motifs is 2. The summed E-state index contributed by atoms with van der Waals surface area (Å²) >= 11 is 0. The summed E-state index contributed by atoms with van der Waals surface area (Å²) in [6.07, 6.45) is -12.9. The minimum absolute atomic E-state index is 0.0824. The minimum Gasteiger partial charge on any atom is -0.463 e. The van der Waals surface area contributed by atoms with Crippen LogP contribution in [-0.2, 0) is 52.3 Å². The second-order valence-corrected chi connectivity index (χ2v) is 17.3. The van der Waals surface area contributed by atoms with Gasteiger partial charge in [0.25, 0.3) is 0 Å². The van der Waals surface area contributed by atoms with Gasteiger partial charge in [-0.1, -0.05) is 32.4 Å². The summed E-state index contributed by atoms with van der Waals surface area (Å²) in [5.74, 6) is -3.67. The second-order valence-electron chi connectivity index (χ2n) is 17.3. The number of esters is 4. The van der Waals surface area contributed by atoms with Crippen LogP contribution < -0.4 is 0 Å². The molecule has 2 aliphatic carbocycles. The molecule has 1 saturated carbocycles. The van der Waals surface area contributed by atoms with E-state index in [2.05, 4.69) is 6.92 Å². The third kappa shape index (κ3) is 9.77. The third-order valence-corrected chi connectivity index (χ3v) is 13.0. The maximum absolute atomic E-state index is 14.2. The first-order valence-corrected chi connectivity index (χ1v) is 19.9. The molecule has 0 spiro atoms. The van der Waals surface area contributed by atoms with Gasteiger partial charge in [-0.2, -0.15) is 0 Å². The molecule has 3 aliphatic heterocycles. The Labute approximate surface area is 337 Å². The van der Waals surface area contributed by atoms with Gasteiger partial charge in [0.15, 0.2) is 6.29 Å². The number of carbonyl (C=O) groups excluding carboxylic acids is 4. The zero-order chi connectivity index (χ0) is 42.9. The first kappa shape index (κ1) is 46.0. The van der Waals surface area contributed by atoms with Gasteiger partial charge in [0, 0.05) is 23.3 Å². The summed E-state index contributed by atoms with van der Waals surface area (Å²) in [7, 11) is 0. The number of aliphatic hydroxyl groups excluding tert-OH is 6. The van der Waals surface area contributed by atoms with Crippen LogP contribution in [-0.4, -0.2) is 153 Å². The van der Waals surface area contributed by atoms with Gasteiger partial charge in [-0.15, -0.1) is 0 Å². The minimum atomic E-state index is -1.90. The number of ether oxygens (including phenoxy) is 7. The van der Waals surface area contributed by atoms with E-state index in [0.29, 0.717) is 31.3 Å². The molecule has 0 radical (unpaired) electrons. The topological polar surface area (TPSA) is 274 Å². The van der Waals surface area contributed by atoms with Gasteiger partial charge in [0.05, 0.1) is 24.5 Å². The van der Waals surface area contributed by atoms with Crippen molar-refractivity contribution in [1.29, 1.82) is 0 Å². The highest BCUT2D eigenvalue weighted by atomic mass is 16.7. The summed E-state index contributed by atoms with van der Waals surface area (Å²) < 4.78 is 39.7. The SMILES string of the molecule is CC(=O)OC[C@H]1O[C@@H](O[C@@H]2C/C(C)=C/COC(=O)C[C@@](C)(O)CC(=O)OC[C@H]3O[C@@H](OC(=O)C4=CCC[C@@H]5[C@]2(C)[C@H](C)CC[C@@]45C)[C@H](O)[C@@H](O)[C@@H]3O)[C@H](O)[C@H](O)[C@@H]1O. The van der Waals surface area contributed by atoms with E-state index in [-0.39, 0.29) is 30.4 Å². The largest absolute Gasteiger partial charge is 0.463 e. The number of hydrogen-bond acceptors (Lipinski definition) is 18. The quantitative estimate of drug-likeness (QED) is 0.110. The van der Waals surface area contributed by atoms with Gasteiger partial charge in [-0.3, -0.25) is 14.4 Å². The van der Waals surface area contributed by atoms with E-state index >= 15 is 0 Å². The molecule has 0 aromatic carbocycles. The highest BCUT2D eigenvalue weighted by Gasteiger charge is 2.60. The molecule has 5 rings (SSSR count). The Morgan fingerprint density at radius 2 is 1.52 bits per heavy atom. The zero-order valence-corrected chi connectivity index (χ0v) is 33.9. The Hall–Kier alpha value is -3.04. The predicted octanol–water partition coefficient (Wildman–Crippen LogP) is -0.160. The van der Waals surface area contributed by atoms with Crippen molar-refractivity contribution in [2.75, 3.05) is 19.8 Å². The first-order valence-electron chi connectivity index (χ1n) is 19.9. The summed E-state index contributed by atoms with van der Waals surface area (Å²) in [6.45, 7) is 8.89. The third-order valence-electron chi connectivity index (χ3n) is 13.0. The second kappa shape index (κ2) is 18.3. The van der Waals surface area contributed by atoms with Crippen LogP contribution in [0, 0.1) is 22.7 Å². The van der Waals surface area contributed by atoms with E-state index in [1.165, 1.54) is 13.8 Å². The molecule has 18 heteroatoms. The molecule has 0 unspecified atom stereocenters. The van der Waals surface area contributed by atoms with Crippen LogP contribution in [0.25, 0.3) is 0 Å². The molecule has 0 amide bonds. The molecule has 3 heterocycles. The molecule has 58 heavy (non-hydrogen) atoms. The van der Waals surface area contributed by atoms with E-state index in [4.69, 9.17) is 33.2 Å². The smallest absolute Gasteiger partial charge is 0.336 e. The summed E-state index contributed by atoms with van der Waals surface area (Å²) in [6, 6.07) is 0. The number of carbonyl (C=O) groups is 4. The fraction of sp³-hybridized carbons (Fsp3) is 0.800. The Kier molecular flexibility index (Phi) is 14.5. The molecule has 16 atom stereocenters. The maximum atomic E-state index is 14.2. The Morgan fingerprint density at radius 1 is 0.862 bits per heavy atom. The fourth-order valence-corrected chi connectivity index (χ4v) is 9.35. The van der Waals surface area contributed by atoms with E-state index < -0.39 is 134 Å². The summed E-state index contributed by atoms with van der Waals surface area (Å²) in [5.41, 5.74) is -2.62. The van der Waals surface area contributed by atoms with Crippen molar-refractivity contribution in [3.63, 3.8) is 0 Å². The van der Waals surface area contributed by atoms with Gasteiger partial charge < -0.3 is 68.9 Å². The van der Waals surface area contributed by atoms with Gasteiger partial charge in [0.2, 0.25) is 6.29 Å². The average molecular weight is 829 g/mol. The van der Waals surface area contributed by atoms with Gasteiger partial charge in [-0.05, 0) is 63.9 Å². The lowest BCUT2D eigenvalue weighted by Crippen LogP contribution is -2.62. The highest BCUT2D eigenvalue weighted by molar-refractivity contribution is 5.90. The van der Waals surface area contributed by atoms with Crippen molar-refractivity contribution in [3.8, 4) is 0 Å².